The van der Waals surface area contributed by atoms with Gasteiger partial charge in [-0.1, -0.05) is 30.3 Å². The van der Waals surface area contributed by atoms with Crippen LogP contribution >= 0.6 is 0 Å². The average Bonchev–Trinajstić information content (AvgIpc) is 2.69. The molecule has 4 rings (SSSR count). The van der Waals surface area contributed by atoms with Crippen LogP contribution in [-0.4, -0.2) is 40.2 Å². The highest BCUT2D eigenvalue weighted by molar-refractivity contribution is 5.94. The fourth-order valence-electron chi connectivity index (χ4n) is 3.23. The van der Waals surface area contributed by atoms with Crippen LogP contribution in [0, 0.1) is 5.82 Å². The summed E-state index contributed by atoms with van der Waals surface area (Å²) in [6.07, 6.45) is 3.01. The van der Waals surface area contributed by atoms with Crippen LogP contribution < -0.4 is 4.74 Å². The third-order valence-electron chi connectivity index (χ3n) is 4.65. The van der Waals surface area contributed by atoms with Crippen molar-refractivity contribution in [3.05, 3.63) is 66.1 Å². The van der Waals surface area contributed by atoms with Gasteiger partial charge in [-0.2, -0.15) is 5.10 Å². The Balaban J connectivity index is 1.42. The Kier molecular flexibility index (Phi) is 4.48. The Morgan fingerprint density at radius 3 is 2.62 bits per heavy atom. The average molecular weight is 351 g/mol. The monoisotopic (exact) mass is 351 g/mol. The summed E-state index contributed by atoms with van der Waals surface area (Å²) in [6, 6.07) is 13.9. The van der Waals surface area contributed by atoms with Crippen LogP contribution in [0.15, 0.2) is 54.7 Å². The molecule has 0 unspecified atom stereocenters. The van der Waals surface area contributed by atoms with E-state index in [1.165, 1.54) is 12.1 Å². The first-order chi connectivity index (χ1) is 12.7. The summed E-state index contributed by atoms with van der Waals surface area (Å²) in [5.41, 5.74) is 0.117. The van der Waals surface area contributed by atoms with Crippen molar-refractivity contribution in [2.45, 2.75) is 18.9 Å². The molecule has 0 bridgehead atoms. The van der Waals surface area contributed by atoms with Crippen molar-refractivity contribution in [1.29, 1.82) is 0 Å². The highest BCUT2D eigenvalue weighted by Gasteiger charge is 2.26. The Morgan fingerprint density at radius 1 is 1.08 bits per heavy atom. The van der Waals surface area contributed by atoms with Crippen molar-refractivity contribution in [3.63, 3.8) is 0 Å². The fourth-order valence-corrected chi connectivity index (χ4v) is 3.23. The van der Waals surface area contributed by atoms with Gasteiger partial charge in [0.25, 0.3) is 5.91 Å². The molecule has 1 saturated heterocycles. The molecule has 5 nitrogen and oxygen atoms in total. The van der Waals surface area contributed by atoms with Gasteiger partial charge < -0.3 is 9.64 Å². The minimum Gasteiger partial charge on any atom is -0.473 e. The van der Waals surface area contributed by atoms with E-state index in [1.54, 1.807) is 23.2 Å². The quantitative estimate of drug-likeness (QED) is 0.725. The molecule has 26 heavy (non-hydrogen) atoms. The number of aromatic nitrogens is 2. The smallest absolute Gasteiger partial charge is 0.256 e. The SMILES string of the molecule is O=C(c1ccccc1F)N1CCC(Oc2nncc3ccccc23)CC1. The summed E-state index contributed by atoms with van der Waals surface area (Å²) in [7, 11) is 0. The lowest BCUT2D eigenvalue weighted by atomic mass is 10.1. The van der Waals surface area contributed by atoms with Crippen LogP contribution in [0.5, 0.6) is 5.88 Å². The maximum Gasteiger partial charge on any atom is 0.256 e. The molecule has 0 saturated carbocycles. The number of carbonyl (C=O) groups is 1. The summed E-state index contributed by atoms with van der Waals surface area (Å²) >= 11 is 0. The highest BCUT2D eigenvalue weighted by atomic mass is 19.1. The molecule has 1 amide bonds. The van der Waals surface area contributed by atoms with Gasteiger partial charge in [-0.25, -0.2) is 4.39 Å². The van der Waals surface area contributed by atoms with Crippen LogP contribution in [0.3, 0.4) is 0 Å². The predicted molar refractivity (Wildman–Crippen MR) is 95.5 cm³/mol. The Morgan fingerprint density at radius 2 is 1.81 bits per heavy atom. The van der Waals surface area contributed by atoms with Crippen molar-refractivity contribution < 1.29 is 13.9 Å². The molecule has 1 aliphatic heterocycles. The molecule has 6 heteroatoms. The number of hydrogen-bond donors (Lipinski definition) is 0. The lowest BCUT2D eigenvalue weighted by Gasteiger charge is -2.32. The largest absolute Gasteiger partial charge is 0.473 e. The molecular weight excluding hydrogens is 333 g/mol. The Labute approximate surface area is 150 Å². The van der Waals surface area contributed by atoms with Gasteiger partial charge in [-0.3, -0.25) is 4.79 Å². The summed E-state index contributed by atoms with van der Waals surface area (Å²) in [6.45, 7) is 1.05. The number of halogens is 1. The second-order valence-corrected chi connectivity index (χ2v) is 6.33. The van der Waals surface area contributed by atoms with Crippen LogP contribution in [0.4, 0.5) is 4.39 Å². The van der Waals surface area contributed by atoms with Crippen LogP contribution in [0.1, 0.15) is 23.2 Å². The predicted octanol–water partition coefficient (Wildman–Crippen LogP) is 3.45. The topological polar surface area (TPSA) is 55.3 Å². The third kappa shape index (κ3) is 3.22. The molecule has 0 spiro atoms. The lowest BCUT2D eigenvalue weighted by molar-refractivity contribution is 0.0585. The van der Waals surface area contributed by atoms with E-state index in [2.05, 4.69) is 10.2 Å². The molecule has 3 aromatic rings. The summed E-state index contributed by atoms with van der Waals surface area (Å²) in [4.78, 5) is 14.2. The van der Waals surface area contributed by atoms with Crippen molar-refractivity contribution in [2.75, 3.05) is 13.1 Å². The van der Waals surface area contributed by atoms with Gasteiger partial charge in [-0.05, 0) is 18.2 Å². The number of benzene rings is 2. The normalized spacial score (nSPS) is 15.2. The maximum absolute atomic E-state index is 13.8. The molecule has 1 aliphatic rings. The van der Waals surface area contributed by atoms with E-state index in [0.717, 1.165) is 10.8 Å². The second kappa shape index (κ2) is 7.07. The number of rotatable bonds is 3. The summed E-state index contributed by atoms with van der Waals surface area (Å²) < 4.78 is 19.9. The summed E-state index contributed by atoms with van der Waals surface area (Å²) in [5.74, 6) is -0.240. The van der Waals surface area contributed by atoms with E-state index >= 15 is 0 Å². The standard InChI is InChI=1S/C20H18FN3O2/c21-18-8-4-3-7-17(18)20(25)24-11-9-15(10-12-24)26-19-16-6-2-1-5-14(16)13-22-23-19/h1-8,13,15H,9-12H2. The van der Waals surface area contributed by atoms with E-state index in [-0.39, 0.29) is 17.6 Å². The van der Waals surface area contributed by atoms with Crippen molar-refractivity contribution in [2.24, 2.45) is 0 Å². The van der Waals surface area contributed by atoms with Crippen molar-refractivity contribution in [1.82, 2.24) is 15.1 Å². The molecule has 1 aromatic heterocycles. The first kappa shape index (κ1) is 16.4. The molecule has 0 N–H and O–H groups in total. The number of amides is 1. The molecule has 2 heterocycles. The molecule has 1 fully saturated rings. The van der Waals surface area contributed by atoms with Gasteiger partial charge in [0.05, 0.1) is 11.8 Å². The van der Waals surface area contributed by atoms with E-state index < -0.39 is 5.82 Å². The van der Waals surface area contributed by atoms with E-state index in [4.69, 9.17) is 4.74 Å². The zero-order valence-electron chi connectivity index (χ0n) is 14.1. The zero-order valence-corrected chi connectivity index (χ0v) is 14.1. The van der Waals surface area contributed by atoms with Gasteiger partial charge >= 0.3 is 0 Å². The molecule has 2 aromatic carbocycles. The maximum atomic E-state index is 13.8. The third-order valence-corrected chi connectivity index (χ3v) is 4.65. The Bertz CT molecular complexity index is 934. The van der Waals surface area contributed by atoms with E-state index in [1.807, 2.05) is 24.3 Å². The molecule has 0 radical (unpaired) electrons. The van der Waals surface area contributed by atoms with E-state index in [0.29, 0.717) is 31.8 Å². The van der Waals surface area contributed by atoms with Gasteiger partial charge in [0.15, 0.2) is 0 Å². The van der Waals surface area contributed by atoms with Gasteiger partial charge in [-0.15, -0.1) is 5.10 Å². The number of fused-ring (bicyclic) bond motifs is 1. The highest BCUT2D eigenvalue weighted by Crippen LogP contribution is 2.25. The number of ether oxygens (including phenoxy) is 1. The number of hydrogen-bond acceptors (Lipinski definition) is 4. The second-order valence-electron chi connectivity index (χ2n) is 6.33. The summed E-state index contributed by atoms with van der Waals surface area (Å²) in [5, 5.41) is 10.0. The zero-order chi connectivity index (χ0) is 17.9. The fraction of sp³-hybridized carbons (Fsp3) is 0.250. The van der Waals surface area contributed by atoms with Crippen LogP contribution in [0.2, 0.25) is 0 Å². The van der Waals surface area contributed by atoms with Crippen LogP contribution in [0.25, 0.3) is 10.8 Å². The van der Waals surface area contributed by atoms with Gasteiger partial charge in [0.2, 0.25) is 5.88 Å². The minimum atomic E-state index is -0.484. The van der Waals surface area contributed by atoms with Gasteiger partial charge in [0, 0.05) is 36.7 Å². The first-order valence-electron chi connectivity index (χ1n) is 8.63. The molecule has 0 aliphatic carbocycles. The molecular formula is C20H18FN3O2. The van der Waals surface area contributed by atoms with Crippen LogP contribution in [-0.2, 0) is 0 Å². The minimum absolute atomic E-state index is 0.0419. The first-order valence-corrected chi connectivity index (χ1v) is 8.63. The number of carbonyl (C=O) groups excluding carboxylic acids is 1. The Hall–Kier alpha value is -3.02. The number of nitrogens with zero attached hydrogens (tertiary/aromatic N) is 3. The molecule has 132 valence electrons. The lowest BCUT2D eigenvalue weighted by Crippen LogP contribution is -2.42. The number of piperidine rings is 1. The van der Waals surface area contributed by atoms with Crippen molar-refractivity contribution in [3.8, 4) is 5.88 Å². The van der Waals surface area contributed by atoms with E-state index in [9.17, 15) is 9.18 Å². The molecule has 0 atom stereocenters. The van der Waals surface area contributed by atoms with Gasteiger partial charge in [0.1, 0.15) is 11.9 Å². The number of likely N-dealkylation sites (tertiary alicyclic amines) is 1. The van der Waals surface area contributed by atoms with Crippen molar-refractivity contribution >= 4 is 16.7 Å².